The Kier molecular flexibility index (Phi) is 27.0. The number of hydrogen-bond donors (Lipinski definition) is 14. The van der Waals surface area contributed by atoms with Crippen molar-refractivity contribution >= 4 is 65.0 Å². The molecule has 0 bridgehead atoms. The fourth-order valence-electron chi connectivity index (χ4n) is 6.66. The Balaban J connectivity index is 3.07. The molecule has 0 aliphatic carbocycles. The third-order valence-electron chi connectivity index (χ3n) is 10.7. The molecule has 400 valence electrons. The number of imidazole rings is 1. The van der Waals surface area contributed by atoms with Crippen LogP contribution in [0.2, 0.25) is 0 Å². The monoisotopic (exact) mass is 1010 g/mol. The minimum atomic E-state index is -1.64. The first-order valence-electron chi connectivity index (χ1n) is 23.6. The first-order valence-corrected chi connectivity index (χ1v) is 23.6. The number of amides is 10. The molecule has 16 N–H and O–H groups in total. The van der Waals surface area contributed by atoms with Crippen molar-refractivity contribution in [1.82, 2.24) is 57.8 Å². The van der Waals surface area contributed by atoms with Crippen LogP contribution in [0.15, 0.2) is 12.5 Å². The van der Waals surface area contributed by atoms with Gasteiger partial charge < -0.3 is 74.5 Å². The second-order valence-electron chi connectivity index (χ2n) is 19.1. The van der Waals surface area contributed by atoms with Crippen LogP contribution < -0.4 is 59.3 Å². The largest absolute Gasteiger partial charge is 0.480 e. The molecule has 10 amide bonds. The molecule has 0 fully saturated rings. The molecule has 1 aromatic heterocycles. The zero-order chi connectivity index (χ0) is 54.3. The number of aliphatic carboxylic acids is 1. The average Bonchev–Trinajstić information content (AvgIpc) is 3.79. The highest BCUT2D eigenvalue weighted by atomic mass is 16.4. The first-order chi connectivity index (χ1) is 33.1. The van der Waals surface area contributed by atoms with Crippen LogP contribution in [0.3, 0.4) is 0 Å². The van der Waals surface area contributed by atoms with Crippen LogP contribution in [-0.4, -0.2) is 153 Å². The topological polar surface area (TPSA) is 417 Å². The number of carbonyl (C=O) groups excluding carboxylic acids is 10. The summed E-state index contributed by atoms with van der Waals surface area (Å²) in [6, 6.07) is -11.5. The smallest absolute Gasteiger partial charge is 0.325 e. The van der Waals surface area contributed by atoms with Crippen molar-refractivity contribution in [2.75, 3.05) is 13.2 Å². The number of primary amides is 1. The van der Waals surface area contributed by atoms with E-state index in [4.69, 9.17) is 11.5 Å². The lowest BCUT2D eigenvalue weighted by molar-refractivity contribution is -0.142. The van der Waals surface area contributed by atoms with E-state index < -0.39 is 133 Å². The standard InChI is InChI=1S/C45H77N13O13/c1-21(2)13-29(55-42(67)31(15-23(5)6)58-44(69)36(47)24(7)8)40(65)54-28(11-12-34(46)60)38(63)51-25(9)37(62)49-18-35(61)53-33(19-59)43(68)56-30(14-22(3)4)41(66)57-32(16-27-17-48-20-50-27)39(64)52-26(10)45(70)71/h17,20-26,28-33,36,59H,11-16,18-19,47H2,1-10H3,(H2,46,60)(H,48,50)(H,49,62)(H,51,63)(H,52,64)(H,53,61)(H,54,65)(H,55,67)(H,56,68)(H,57,66)(H,58,69)(H,70,71)/t25-,26-,28-,29-,30-,31-,32-,33-,36-/m0/s1. The normalized spacial score (nSPS) is 15.1. The van der Waals surface area contributed by atoms with Gasteiger partial charge in [-0.1, -0.05) is 55.4 Å². The molecule has 26 heteroatoms. The summed E-state index contributed by atoms with van der Waals surface area (Å²) in [6.07, 6.45) is 2.31. The van der Waals surface area contributed by atoms with Gasteiger partial charge in [0.2, 0.25) is 59.1 Å². The summed E-state index contributed by atoms with van der Waals surface area (Å²) in [4.78, 5) is 150. The quantitative estimate of drug-likeness (QED) is 0.0332. The van der Waals surface area contributed by atoms with Crippen LogP contribution in [0.5, 0.6) is 0 Å². The third-order valence-corrected chi connectivity index (χ3v) is 10.7. The molecular weight excluding hydrogens is 931 g/mol. The van der Waals surface area contributed by atoms with Crippen molar-refractivity contribution in [3.63, 3.8) is 0 Å². The summed E-state index contributed by atoms with van der Waals surface area (Å²) in [7, 11) is 0. The van der Waals surface area contributed by atoms with Gasteiger partial charge in [0, 0.05) is 24.7 Å². The molecule has 0 aliphatic heterocycles. The van der Waals surface area contributed by atoms with Crippen molar-refractivity contribution in [2.24, 2.45) is 35.1 Å². The highest BCUT2D eigenvalue weighted by Gasteiger charge is 2.34. The number of H-pyrrole nitrogens is 1. The molecular formula is C45H77N13O13. The number of carboxylic acid groups (broad SMARTS) is 1. The molecule has 9 atom stereocenters. The Bertz CT molecular complexity index is 1980. The molecule has 1 heterocycles. The second kappa shape index (κ2) is 30.8. The molecule has 26 nitrogen and oxygen atoms in total. The second-order valence-corrected chi connectivity index (χ2v) is 19.1. The minimum absolute atomic E-state index is 0.0315. The Morgan fingerprint density at radius 2 is 0.986 bits per heavy atom. The van der Waals surface area contributed by atoms with Gasteiger partial charge in [0.1, 0.15) is 48.3 Å². The van der Waals surface area contributed by atoms with Crippen LogP contribution in [0.25, 0.3) is 0 Å². The van der Waals surface area contributed by atoms with Crippen molar-refractivity contribution < 1.29 is 63.0 Å². The number of aliphatic hydroxyl groups excluding tert-OH is 1. The Hall–Kier alpha value is -6.70. The average molecular weight is 1010 g/mol. The Morgan fingerprint density at radius 3 is 1.41 bits per heavy atom. The fourth-order valence-corrected chi connectivity index (χ4v) is 6.66. The van der Waals surface area contributed by atoms with Gasteiger partial charge in [-0.25, -0.2) is 4.98 Å². The molecule has 0 unspecified atom stereocenters. The molecule has 0 spiro atoms. The van der Waals surface area contributed by atoms with E-state index in [1.165, 1.54) is 26.4 Å². The summed E-state index contributed by atoms with van der Waals surface area (Å²) in [5, 5.41) is 41.4. The number of nitrogens with two attached hydrogens (primary N) is 2. The van der Waals surface area contributed by atoms with Crippen molar-refractivity contribution in [3.8, 4) is 0 Å². The molecule has 0 saturated heterocycles. The van der Waals surface area contributed by atoms with Crippen LogP contribution in [0.1, 0.15) is 107 Å². The molecule has 0 aromatic carbocycles. The Labute approximate surface area is 413 Å². The van der Waals surface area contributed by atoms with E-state index in [0.717, 1.165) is 0 Å². The summed E-state index contributed by atoms with van der Waals surface area (Å²) in [6.45, 7) is 15.1. The van der Waals surface area contributed by atoms with Crippen LogP contribution in [0.4, 0.5) is 0 Å². The van der Waals surface area contributed by atoms with Gasteiger partial charge in [-0.2, -0.15) is 0 Å². The summed E-state index contributed by atoms with van der Waals surface area (Å²) in [5.41, 5.74) is 11.8. The predicted octanol–water partition coefficient (Wildman–Crippen LogP) is -3.55. The first kappa shape index (κ1) is 62.3. The third kappa shape index (κ3) is 23.6. The summed E-state index contributed by atoms with van der Waals surface area (Å²) >= 11 is 0. The van der Waals surface area contributed by atoms with Gasteiger partial charge in [-0.3, -0.25) is 52.7 Å². The van der Waals surface area contributed by atoms with Crippen molar-refractivity contribution in [3.05, 3.63) is 18.2 Å². The van der Waals surface area contributed by atoms with Gasteiger partial charge in [0.25, 0.3) is 0 Å². The van der Waals surface area contributed by atoms with E-state index >= 15 is 0 Å². The molecule has 71 heavy (non-hydrogen) atoms. The van der Waals surface area contributed by atoms with E-state index in [-0.39, 0.29) is 62.2 Å². The van der Waals surface area contributed by atoms with Crippen LogP contribution in [-0.2, 0) is 59.2 Å². The maximum Gasteiger partial charge on any atom is 0.325 e. The van der Waals surface area contributed by atoms with Gasteiger partial charge in [0.05, 0.1) is 25.5 Å². The van der Waals surface area contributed by atoms with E-state index in [1.807, 2.05) is 13.8 Å². The summed E-state index contributed by atoms with van der Waals surface area (Å²) in [5.74, 6) is -10.2. The van der Waals surface area contributed by atoms with Crippen molar-refractivity contribution in [2.45, 2.75) is 162 Å². The number of rotatable bonds is 32. The predicted molar refractivity (Wildman–Crippen MR) is 256 cm³/mol. The number of aromatic amines is 1. The Morgan fingerprint density at radius 1 is 0.563 bits per heavy atom. The van der Waals surface area contributed by atoms with Gasteiger partial charge in [0.15, 0.2) is 0 Å². The lowest BCUT2D eigenvalue weighted by Crippen LogP contribution is -2.59. The molecule has 1 rings (SSSR count). The SMILES string of the molecule is CC(C)C[C@H](NC(=O)[C@H](CO)NC(=O)CNC(=O)[C@H](C)NC(=O)[C@H](CCC(N)=O)NC(=O)[C@H](CC(C)C)NC(=O)[C@H](CC(C)C)NC(=O)[C@@H](N)C(C)C)C(=O)N[C@@H](Cc1cnc[nH]1)C(=O)N[C@@H](C)C(=O)O. The van der Waals surface area contributed by atoms with Crippen LogP contribution in [0, 0.1) is 23.7 Å². The number of carboxylic acids is 1. The maximum absolute atomic E-state index is 13.8. The van der Waals surface area contributed by atoms with Gasteiger partial charge in [-0.15, -0.1) is 0 Å². The zero-order valence-corrected chi connectivity index (χ0v) is 42.3. The van der Waals surface area contributed by atoms with Gasteiger partial charge >= 0.3 is 5.97 Å². The van der Waals surface area contributed by atoms with Gasteiger partial charge in [-0.05, 0) is 63.2 Å². The fraction of sp³-hybridized carbons (Fsp3) is 0.689. The molecule has 0 radical (unpaired) electrons. The highest BCUT2D eigenvalue weighted by Crippen LogP contribution is 2.12. The van der Waals surface area contributed by atoms with E-state index in [9.17, 15) is 63.0 Å². The lowest BCUT2D eigenvalue weighted by Gasteiger charge is -2.28. The number of aromatic nitrogens is 2. The maximum atomic E-state index is 13.8. The molecule has 0 aliphatic rings. The number of carbonyl (C=O) groups is 11. The number of nitrogens with one attached hydrogen (secondary N) is 10. The highest BCUT2D eigenvalue weighted by molar-refractivity contribution is 5.98. The van der Waals surface area contributed by atoms with Crippen LogP contribution >= 0.6 is 0 Å². The minimum Gasteiger partial charge on any atom is -0.480 e. The van der Waals surface area contributed by atoms with E-state index in [0.29, 0.717) is 5.69 Å². The molecule has 1 aromatic rings. The van der Waals surface area contributed by atoms with E-state index in [2.05, 4.69) is 57.8 Å². The zero-order valence-electron chi connectivity index (χ0n) is 42.3. The van der Waals surface area contributed by atoms with Crippen molar-refractivity contribution in [1.29, 1.82) is 0 Å². The number of hydrogen-bond acceptors (Lipinski definition) is 14. The number of aliphatic hydroxyl groups is 1. The number of nitrogens with zero attached hydrogens (tertiary/aromatic N) is 1. The van der Waals surface area contributed by atoms with E-state index in [1.54, 1.807) is 41.5 Å². The lowest BCUT2D eigenvalue weighted by atomic mass is 9.98. The molecule has 0 saturated carbocycles. The summed E-state index contributed by atoms with van der Waals surface area (Å²) < 4.78 is 0.